The minimum Gasteiger partial charge on any atom is -0.352 e. The lowest BCUT2D eigenvalue weighted by molar-refractivity contribution is 0.0947. The molecule has 2 atom stereocenters. The van der Waals surface area contributed by atoms with Crippen molar-refractivity contribution in [2.45, 2.75) is 12.5 Å². The number of carbonyl (C=O) groups is 1. The molecule has 2 heterocycles. The number of nitrogens with zero attached hydrogens (tertiary/aromatic N) is 1. The van der Waals surface area contributed by atoms with Crippen molar-refractivity contribution in [2.24, 2.45) is 5.92 Å². The third-order valence-electron chi connectivity index (χ3n) is 4.96. The molecule has 0 bridgehead atoms. The number of halogens is 1. The normalized spacial score (nSPS) is 23.8. The van der Waals surface area contributed by atoms with Crippen LogP contribution in [0.25, 0.3) is 0 Å². The van der Waals surface area contributed by atoms with E-state index in [9.17, 15) is 9.18 Å². The van der Waals surface area contributed by atoms with Crippen LogP contribution in [-0.4, -0.2) is 30.4 Å². The van der Waals surface area contributed by atoms with E-state index in [2.05, 4.69) is 22.3 Å². The molecule has 2 aliphatic rings. The summed E-state index contributed by atoms with van der Waals surface area (Å²) in [6, 6.07) is 15.4. The molecule has 4 rings (SSSR count). The van der Waals surface area contributed by atoms with Gasteiger partial charge in [-0.2, -0.15) is 0 Å². The number of nitrogens with one attached hydrogen (secondary N) is 1. The lowest BCUT2D eigenvalue weighted by atomic mass is 9.87. The summed E-state index contributed by atoms with van der Waals surface area (Å²) < 4.78 is 14.1. The van der Waals surface area contributed by atoms with Gasteiger partial charge >= 0.3 is 0 Å². The van der Waals surface area contributed by atoms with Crippen LogP contribution in [0, 0.1) is 11.7 Å². The van der Waals surface area contributed by atoms with E-state index in [-0.39, 0.29) is 17.4 Å². The highest BCUT2D eigenvalue weighted by Gasteiger charge is 2.38. The number of likely N-dealkylation sites (tertiary alicyclic amines) is 1. The van der Waals surface area contributed by atoms with E-state index in [0.29, 0.717) is 12.5 Å². The van der Waals surface area contributed by atoms with Crippen LogP contribution < -0.4 is 5.32 Å². The first-order chi connectivity index (χ1) is 11.2. The molecule has 2 unspecified atom stereocenters. The molecule has 2 aromatic carbocycles. The Morgan fingerprint density at radius 3 is 2.74 bits per heavy atom. The number of hydrogen-bond acceptors (Lipinski definition) is 2. The van der Waals surface area contributed by atoms with Gasteiger partial charge in [0, 0.05) is 32.1 Å². The van der Waals surface area contributed by atoms with Gasteiger partial charge in [0.05, 0.1) is 5.56 Å². The van der Waals surface area contributed by atoms with Crippen LogP contribution in [0.5, 0.6) is 0 Å². The zero-order valence-corrected chi connectivity index (χ0v) is 12.8. The quantitative estimate of drug-likeness (QED) is 0.925. The van der Waals surface area contributed by atoms with Gasteiger partial charge in [-0.3, -0.25) is 9.69 Å². The van der Waals surface area contributed by atoms with Crippen LogP contribution in [0.3, 0.4) is 0 Å². The zero-order valence-electron chi connectivity index (χ0n) is 12.8. The van der Waals surface area contributed by atoms with E-state index < -0.39 is 5.82 Å². The number of amides is 1. The first-order valence-corrected chi connectivity index (χ1v) is 8.05. The van der Waals surface area contributed by atoms with Gasteiger partial charge in [-0.1, -0.05) is 42.5 Å². The van der Waals surface area contributed by atoms with E-state index in [1.807, 2.05) is 24.3 Å². The molecular weight excluding hydrogens is 291 g/mol. The fourth-order valence-corrected chi connectivity index (χ4v) is 3.89. The van der Waals surface area contributed by atoms with Crippen molar-refractivity contribution in [1.29, 1.82) is 0 Å². The highest BCUT2D eigenvalue weighted by molar-refractivity contribution is 5.96. The molecule has 4 heteroatoms. The average Bonchev–Trinajstić information content (AvgIpc) is 2.90. The van der Waals surface area contributed by atoms with Gasteiger partial charge in [-0.15, -0.1) is 0 Å². The molecule has 1 amide bonds. The summed E-state index contributed by atoms with van der Waals surface area (Å²) in [5.74, 6) is -0.140. The number of carbonyl (C=O) groups excluding carboxylic acids is 1. The summed E-state index contributed by atoms with van der Waals surface area (Å²) in [7, 11) is 0. The molecule has 0 spiro atoms. The van der Waals surface area contributed by atoms with Crippen molar-refractivity contribution < 1.29 is 9.18 Å². The van der Waals surface area contributed by atoms with Crippen molar-refractivity contribution in [3.05, 3.63) is 71.0 Å². The van der Waals surface area contributed by atoms with E-state index in [0.717, 1.165) is 25.2 Å². The molecule has 2 aromatic rings. The Balaban J connectivity index is 1.62. The molecule has 23 heavy (non-hydrogen) atoms. The Labute approximate surface area is 135 Å². The highest BCUT2D eigenvalue weighted by Crippen LogP contribution is 2.37. The molecule has 118 valence electrons. The van der Waals surface area contributed by atoms with Gasteiger partial charge in [0.15, 0.2) is 0 Å². The lowest BCUT2D eigenvalue weighted by Gasteiger charge is -2.17. The molecular formula is C19H19FN2O. The molecule has 3 nitrogen and oxygen atoms in total. The largest absolute Gasteiger partial charge is 0.352 e. The van der Waals surface area contributed by atoms with Crippen molar-refractivity contribution in [1.82, 2.24) is 10.2 Å². The first-order valence-electron chi connectivity index (χ1n) is 8.05. The minimum absolute atomic E-state index is 0.211. The number of hydrogen-bond donors (Lipinski definition) is 1. The Morgan fingerprint density at radius 2 is 1.91 bits per heavy atom. The standard InChI is InChI=1S/C19H19FN2O/c20-17-8-4-7-15-16-12-22(10-13-5-2-1-3-6-13)11-14(16)9-21-19(23)18(15)17/h1-8,14,16H,9-12H2,(H,21,23). The Kier molecular flexibility index (Phi) is 3.62. The summed E-state index contributed by atoms with van der Waals surface area (Å²) in [5, 5.41) is 2.89. The predicted octanol–water partition coefficient (Wildman–Crippen LogP) is 2.78. The zero-order chi connectivity index (χ0) is 15.8. The lowest BCUT2D eigenvalue weighted by Crippen LogP contribution is -2.30. The minimum atomic E-state index is -0.415. The van der Waals surface area contributed by atoms with Gasteiger partial charge in [0.2, 0.25) is 0 Å². The van der Waals surface area contributed by atoms with Crippen LogP contribution in [0.2, 0.25) is 0 Å². The monoisotopic (exact) mass is 310 g/mol. The molecule has 1 N–H and O–H groups in total. The molecule has 1 saturated heterocycles. The van der Waals surface area contributed by atoms with Crippen molar-refractivity contribution >= 4 is 5.91 Å². The van der Waals surface area contributed by atoms with Crippen molar-refractivity contribution in [2.75, 3.05) is 19.6 Å². The predicted molar refractivity (Wildman–Crippen MR) is 86.7 cm³/mol. The molecule has 0 aliphatic carbocycles. The van der Waals surface area contributed by atoms with Crippen LogP contribution in [0.4, 0.5) is 4.39 Å². The number of rotatable bonds is 2. The third kappa shape index (κ3) is 2.63. The summed E-state index contributed by atoms with van der Waals surface area (Å²) in [6.45, 7) is 3.30. The summed E-state index contributed by atoms with van der Waals surface area (Å²) in [5.41, 5.74) is 2.38. The fourth-order valence-electron chi connectivity index (χ4n) is 3.89. The van der Waals surface area contributed by atoms with Gasteiger partial charge in [-0.25, -0.2) is 4.39 Å². The highest BCUT2D eigenvalue weighted by atomic mass is 19.1. The van der Waals surface area contributed by atoms with Crippen LogP contribution >= 0.6 is 0 Å². The van der Waals surface area contributed by atoms with Crippen molar-refractivity contribution in [3.8, 4) is 0 Å². The Hall–Kier alpha value is -2.20. The Bertz CT molecular complexity index is 731. The molecule has 2 aliphatic heterocycles. The van der Waals surface area contributed by atoms with Crippen LogP contribution in [-0.2, 0) is 6.54 Å². The van der Waals surface area contributed by atoms with E-state index >= 15 is 0 Å². The SMILES string of the molecule is O=C1NCC2CN(Cc3ccccc3)CC2c2cccc(F)c21. The summed E-state index contributed by atoms with van der Waals surface area (Å²) in [4.78, 5) is 14.6. The van der Waals surface area contributed by atoms with Crippen molar-refractivity contribution in [3.63, 3.8) is 0 Å². The second-order valence-corrected chi connectivity index (χ2v) is 6.46. The van der Waals surface area contributed by atoms with Gasteiger partial charge in [0.25, 0.3) is 5.91 Å². The topological polar surface area (TPSA) is 32.3 Å². The maximum Gasteiger partial charge on any atom is 0.254 e. The third-order valence-corrected chi connectivity index (χ3v) is 4.96. The molecule has 0 radical (unpaired) electrons. The smallest absolute Gasteiger partial charge is 0.254 e. The van der Waals surface area contributed by atoms with E-state index in [1.165, 1.54) is 11.6 Å². The first kappa shape index (κ1) is 14.4. The summed E-state index contributed by atoms with van der Waals surface area (Å²) >= 11 is 0. The maximum atomic E-state index is 14.1. The Morgan fingerprint density at radius 1 is 1.09 bits per heavy atom. The second kappa shape index (κ2) is 5.78. The van der Waals surface area contributed by atoms with E-state index in [1.54, 1.807) is 6.07 Å². The maximum absolute atomic E-state index is 14.1. The van der Waals surface area contributed by atoms with E-state index in [4.69, 9.17) is 0 Å². The molecule has 1 fully saturated rings. The number of benzene rings is 2. The van der Waals surface area contributed by atoms with Gasteiger partial charge in [0.1, 0.15) is 5.82 Å². The fraction of sp³-hybridized carbons (Fsp3) is 0.316. The number of fused-ring (bicyclic) bond motifs is 3. The molecule has 0 aromatic heterocycles. The summed E-state index contributed by atoms with van der Waals surface area (Å²) in [6.07, 6.45) is 0. The second-order valence-electron chi connectivity index (χ2n) is 6.46. The van der Waals surface area contributed by atoms with Gasteiger partial charge in [-0.05, 0) is 23.1 Å². The van der Waals surface area contributed by atoms with Gasteiger partial charge < -0.3 is 5.32 Å². The molecule has 0 saturated carbocycles. The van der Waals surface area contributed by atoms with Crippen LogP contribution in [0.1, 0.15) is 27.4 Å². The average molecular weight is 310 g/mol. The van der Waals surface area contributed by atoms with Crippen LogP contribution in [0.15, 0.2) is 48.5 Å².